The predicted molar refractivity (Wildman–Crippen MR) is 81.2 cm³/mol. The normalized spacial score (nSPS) is 10.8. The number of nitrogens with zero attached hydrogens (tertiary/aromatic N) is 3. The molecule has 0 radical (unpaired) electrons. The zero-order chi connectivity index (χ0) is 14.9. The molecule has 0 unspecified atom stereocenters. The molecule has 5 nitrogen and oxygen atoms in total. The zero-order valence-electron chi connectivity index (χ0n) is 11.1. The molecule has 2 rings (SSSR count). The van der Waals surface area contributed by atoms with E-state index in [9.17, 15) is 10.1 Å². The summed E-state index contributed by atoms with van der Waals surface area (Å²) in [7, 11) is 0. The van der Waals surface area contributed by atoms with Crippen LogP contribution in [0.15, 0.2) is 22.7 Å². The lowest BCUT2D eigenvalue weighted by atomic mass is 10.1. The highest BCUT2D eigenvalue weighted by molar-refractivity contribution is 9.10. The van der Waals surface area contributed by atoms with Gasteiger partial charge in [-0.3, -0.25) is 14.8 Å². The Morgan fingerprint density at radius 1 is 1.45 bits per heavy atom. The maximum Gasteiger partial charge on any atom is 0.275 e. The summed E-state index contributed by atoms with van der Waals surface area (Å²) in [6.45, 7) is 4.16. The molecule has 2 aromatic rings. The van der Waals surface area contributed by atoms with E-state index in [2.05, 4.69) is 21.0 Å². The first-order valence-electron chi connectivity index (χ1n) is 5.95. The quantitative estimate of drug-likeness (QED) is 0.472. The number of hydrogen-bond donors (Lipinski definition) is 0. The molecule has 20 heavy (non-hydrogen) atoms. The first kappa shape index (κ1) is 15.0. The number of nitro groups is 1. The molecule has 0 spiro atoms. The van der Waals surface area contributed by atoms with E-state index < -0.39 is 0 Å². The monoisotopic (exact) mass is 357 g/mol. The summed E-state index contributed by atoms with van der Waals surface area (Å²) in [4.78, 5) is 10.7. The summed E-state index contributed by atoms with van der Waals surface area (Å²) in [6, 6.07) is 5.03. The number of aryl methyl sites for hydroxylation is 1. The third kappa shape index (κ3) is 2.86. The zero-order valence-corrected chi connectivity index (χ0v) is 13.4. The highest BCUT2D eigenvalue weighted by atomic mass is 79.9. The van der Waals surface area contributed by atoms with Crippen LogP contribution in [-0.4, -0.2) is 14.7 Å². The maximum atomic E-state index is 11.1. The van der Waals surface area contributed by atoms with Crippen molar-refractivity contribution in [2.45, 2.75) is 26.3 Å². The molecular formula is C13H13BrClN3O2. The largest absolute Gasteiger partial charge is 0.275 e. The van der Waals surface area contributed by atoms with Crippen molar-refractivity contribution in [2.75, 3.05) is 0 Å². The van der Waals surface area contributed by atoms with Crippen molar-refractivity contribution in [2.24, 2.45) is 0 Å². The summed E-state index contributed by atoms with van der Waals surface area (Å²) in [5.74, 6) is 0.389. The van der Waals surface area contributed by atoms with Crippen LogP contribution in [0.5, 0.6) is 0 Å². The first-order valence-corrected chi connectivity index (χ1v) is 7.28. The summed E-state index contributed by atoms with van der Waals surface area (Å²) in [6.07, 6.45) is 0. The fraction of sp³-hybridized carbons (Fsp3) is 0.308. The van der Waals surface area contributed by atoms with Gasteiger partial charge in [-0.2, -0.15) is 5.10 Å². The van der Waals surface area contributed by atoms with E-state index in [1.165, 1.54) is 6.07 Å². The molecule has 1 heterocycles. The Morgan fingerprint density at radius 3 is 2.70 bits per heavy atom. The van der Waals surface area contributed by atoms with Gasteiger partial charge in [-0.15, -0.1) is 11.6 Å². The number of alkyl halides is 1. The molecular weight excluding hydrogens is 346 g/mol. The van der Waals surface area contributed by atoms with Crippen LogP contribution in [0.3, 0.4) is 0 Å². The van der Waals surface area contributed by atoms with E-state index in [4.69, 9.17) is 11.6 Å². The molecule has 0 N–H and O–H groups in total. The van der Waals surface area contributed by atoms with Gasteiger partial charge in [0.15, 0.2) is 0 Å². The highest BCUT2D eigenvalue weighted by Gasteiger charge is 2.17. The lowest BCUT2D eigenvalue weighted by molar-refractivity contribution is -0.385. The van der Waals surface area contributed by atoms with Gasteiger partial charge in [-0.1, -0.05) is 15.9 Å². The van der Waals surface area contributed by atoms with E-state index in [0.717, 1.165) is 17.0 Å². The lowest BCUT2D eigenvalue weighted by Crippen LogP contribution is -2.06. The molecule has 106 valence electrons. The van der Waals surface area contributed by atoms with Crippen LogP contribution in [0.4, 0.5) is 5.69 Å². The fourth-order valence-corrected chi connectivity index (χ4v) is 2.82. The maximum absolute atomic E-state index is 11.1. The van der Waals surface area contributed by atoms with Crippen molar-refractivity contribution in [3.63, 3.8) is 0 Å². The van der Waals surface area contributed by atoms with Gasteiger partial charge in [0.2, 0.25) is 0 Å². The second-order valence-electron chi connectivity index (χ2n) is 4.47. The smallest absolute Gasteiger partial charge is 0.265 e. The molecule has 0 fully saturated rings. The van der Waals surface area contributed by atoms with Gasteiger partial charge >= 0.3 is 0 Å². The van der Waals surface area contributed by atoms with Crippen LogP contribution in [-0.2, 0) is 12.4 Å². The van der Waals surface area contributed by atoms with Crippen molar-refractivity contribution in [3.05, 3.63) is 55.3 Å². The second kappa shape index (κ2) is 5.93. The van der Waals surface area contributed by atoms with Gasteiger partial charge in [-0.25, -0.2) is 0 Å². The summed E-state index contributed by atoms with van der Waals surface area (Å²) < 4.78 is 2.44. The molecule has 1 aromatic carbocycles. The first-order chi connectivity index (χ1) is 9.43. The van der Waals surface area contributed by atoms with Crippen LogP contribution >= 0.6 is 27.5 Å². The number of benzene rings is 1. The van der Waals surface area contributed by atoms with E-state index in [-0.39, 0.29) is 10.6 Å². The van der Waals surface area contributed by atoms with Gasteiger partial charge in [0.25, 0.3) is 5.69 Å². The number of nitro benzene ring substituents is 1. The summed E-state index contributed by atoms with van der Waals surface area (Å²) in [5.41, 5.74) is 3.47. The minimum atomic E-state index is -0.381. The van der Waals surface area contributed by atoms with Crippen LogP contribution in [0, 0.1) is 24.0 Å². The molecule has 0 saturated heterocycles. The van der Waals surface area contributed by atoms with E-state index in [1.807, 2.05) is 13.8 Å². The van der Waals surface area contributed by atoms with Crippen molar-refractivity contribution in [1.82, 2.24) is 9.78 Å². The average molecular weight is 359 g/mol. The molecule has 0 aliphatic carbocycles. The number of rotatable bonds is 4. The minimum absolute atomic E-state index is 0.0827. The van der Waals surface area contributed by atoms with Crippen LogP contribution < -0.4 is 0 Å². The molecule has 0 saturated carbocycles. The highest BCUT2D eigenvalue weighted by Crippen LogP contribution is 2.25. The third-order valence-electron chi connectivity index (χ3n) is 3.23. The molecule has 1 aromatic heterocycles. The van der Waals surface area contributed by atoms with Crippen molar-refractivity contribution < 1.29 is 4.92 Å². The third-order valence-corrected chi connectivity index (χ3v) is 3.99. The molecule has 0 amide bonds. The van der Waals surface area contributed by atoms with E-state index >= 15 is 0 Å². The summed E-state index contributed by atoms with van der Waals surface area (Å²) >= 11 is 9.14. The molecule has 0 atom stereocenters. The number of hydrogen-bond acceptors (Lipinski definition) is 3. The van der Waals surface area contributed by atoms with Gasteiger partial charge in [0, 0.05) is 21.8 Å². The number of halogens is 2. The number of aromatic nitrogens is 2. The molecule has 7 heteroatoms. The van der Waals surface area contributed by atoms with Crippen molar-refractivity contribution in [3.8, 4) is 0 Å². The van der Waals surface area contributed by atoms with Crippen molar-refractivity contribution in [1.29, 1.82) is 0 Å². The minimum Gasteiger partial charge on any atom is -0.265 e. The second-order valence-corrected chi connectivity index (χ2v) is 5.65. The van der Waals surface area contributed by atoms with Gasteiger partial charge in [0.05, 0.1) is 28.6 Å². The Balaban J connectivity index is 2.42. The van der Waals surface area contributed by atoms with Crippen LogP contribution in [0.1, 0.15) is 22.5 Å². The Hall–Kier alpha value is -1.40. The molecule has 0 bridgehead atoms. The Labute approximate surface area is 129 Å². The SMILES string of the molecule is Cc1nn(Cc2ccc(Br)cc2[N+](=O)[O-])c(C)c1CCl. The topological polar surface area (TPSA) is 61.0 Å². The van der Waals surface area contributed by atoms with Gasteiger partial charge < -0.3 is 0 Å². The van der Waals surface area contributed by atoms with E-state index in [1.54, 1.807) is 16.8 Å². The van der Waals surface area contributed by atoms with Crippen molar-refractivity contribution >= 4 is 33.2 Å². The predicted octanol–water partition coefficient (Wildman–Crippen LogP) is 3.96. The van der Waals surface area contributed by atoms with Crippen LogP contribution in [0.25, 0.3) is 0 Å². The van der Waals surface area contributed by atoms with Gasteiger partial charge in [-0.05, 0) is 26.0 Å². The Kier molecular flexibility index (Phi) is 4.45. The Bertz CT molecular complexity index is 670. The molecule has 0 aliphatic rings. The molecule has 0 aliphatic heterocycles. The average Bonchev–Trinajstić information content (AvgIpc) is 2.66. The van der Waals surface area contributed by atoms with Crippen LogP contribution in [0.2, 0.25) is 0 Å². The summed E-state index contributed by atoms with van der Waals surface area (Å²) in [5, 5.41) is 15.5. The fourth-order valence-electron chi connectivity index (χ4n) is 2.08. The van der Waals surface area contributed by atoms with E-state index in [0.29, 0.717) is 22.5 Å². The van der Waals surface area contributed by atoms with Gasteiger partial charge in [0.1, 0.15) is 0 Å². The lowest BCUT2D eigenvalue weighted by Gasteiger charge is -2.06. The standard InChI is InChI=1S/C13H13BrClN3O2/c1-8-12(6-15)9(2)17(16-8)7-10-3-4-11(14)5-13(10)18(19)20/h3-5H,6-7H2,1-2H3. The Morgan fingerprint density at radius 2 is 2.15 bits per heavy atom.